The number of likely N-dealkylation sites (tertiary alicyclic amines) is 1. The Morgan fingerprint density at radius 3 is 2.78 bits per heavy atom. The molecule has 98 valence electrons. The first kappa shape index (κ1) is 12.2. The standard InChI is InChI=1S/C15H21NO2/c17-15-6-8-16(13-7-9-18-11-13)14(15)10-12-4-2-1-3-5-12/h1-5,13-15,17H,6-11H2/t13?,14-,15-/m1/s1. The molecule has 0 bridgehead atoms. The van der Waals surface area contributed by atoms with E-state index in [-0.39, 0.29) is 12.1 Å². The van der Waals surface area contributed by atoms with Crippen LogP contribution in [0.2, 0.25) is 0 Å². The van der Waals surface area contributed by atoms with E-state index in [0.29, 0.717) is 6.04 Å². The van der Waals surface area contributed by atoms with E-state index in [1.165, 1.54) is 5.56 Å². The van der Waals surface area contributed by atoms with Gasteiger partial charge in [0, 0.05) is 25.2 Å². The molecule has 3 heteroatoms. The van der Waals surface area contributed by atoms with E-state index in [2.05, 4.69) is 29.2 Å². The Labute approximate surface area is 108 Å². The number of hydrogen-bond donors (Lipinski definition) is 1. The molecule has 3 nitrogen and oxygen atoms in total. The van der Waals surface area contributed by atoms with Gasteiger partial charge in [-0.3, -0.25) is 4.90 Å². The quantitative estimate of drug-likeness (QED) is 0.877. The zero-order valence-corrected chi connectivity index (χ0v) is 10.7. The van der Waals surface area contributed by atoms with Gasteiger partial charge in [-0.05, 0) is 24.8 Å². The van der Waals surface area contributed by atoms with Crippen molar-refractivity contribution in [1.29, 1.82) is 0 Å². The first-order chi connectivity index (χ1) is 8.84. The van der Waals surface area contributed by atoms with Gasteiger partial charge < -0.3 is 9.84 Å². The molecule has 3 rings (SSSR count). The van der Waals surface area contributed by atoms with Gasteiger partial charge in [-0.1, -0.05) is 30.3 Å². The number of benzene rings is 1. The Morgan fingerprint density at radius 2 is 2.06 bits per heavy atom. The Balaban J connectivity index is 1.71. The molecule has 0 aromatic heterocycles. The normalized spacial score (nSPS) is 33.1. The lowest BCUT2D eigenvalue weighted by atomic mass is 10.0. The van der Waals surface area contributed by atoms with Gasteiger partial charge >= 0.3 is 0 Å². The average Bonchev–Trinajstić information content (AvgIpc) is 3.02. The van der Waals surface area contributed by atoms with Crippen molar-refractivity contribution >= 4 is 0 Å². The Bertz CT molecular complexity index is 375. The Kier molecular flexibility index (Phi) is 3.64. The van der Waals surface area contributed by atoms with Crippen LogP contribution in [0, 0.1) is 0 Å². The molecule has 0 aliphatic carbocycles. The first-order valence-corrected chi connectivity index (χ1v) is 6.90. The van der Waals surface area contributed by atoms with Crippen molar-refractivity contribution in [2.24, 2.45) is 0 Å². The van der Waals surface area contributed by atoms with E-state index in [9.17, 15) is 5.11 Å². The highest BCUT2D eigenvalue weighted by Crippen LogP contribution is 2.27. The molecule has 2 saturated heterocycles. The van der Waals surface area contributed by atoms with Crippen molar-refractivity contribution in [3.8, 4) is 0 Å². The SMILES string of the molecule is O[C@@H]1CCN(C2CCOC2)[C@@H]1Cc1ccccc1. The fourth-order valence-electron chi connectivity index (χ4n) is 3.21. The monoisotopic (exact) mass is 247 g/mol. The zero-order chi connectivity index (χ0) is 12.4. The predicted octanol–water partition coefficient (Wildman–Crippen LogP) is 1.45. The van der Waals surface area contributed by atoms with Crippen LogP contribution in [0.4, 0.5) is 0 Å². The summed E-state index contributed by atoms with van der Waals surface area (Å²) < 4.78 is 5.48. The van der Waals surface area contributed by atoms with Gasteiger partial charge in [-0.25, -0.2) is 0 Å². The van der Waals surface area contributed by atoms with Crippen LogP contribution in [-0.2, 0) is 11.2 Å². The summed E-state index contributed by atoms with van der Waals surface area (Å²) in [5.74, 6) is 0. The summed E-state index contributed by atoms with van der Waals surface area (Å²) in [6.45, 7) is 2.71. The molecule has 1 unspecified atom stereocenters. The minimum absolute atomic E-state index is 0.189. The molecule has 0 saturated carbocycles. The maximum absolute atomic E-state index is 10.2. The molecule has 1 aromatic rings. The average molecular weight is 247 g/mol. The third-order valence-corrected chi connectivity index (χ3v) is 4.22. The number of rotatable bonds is 3. The minimum atomic E-state index is -0.189. The molecule has 2 aliphatic rings. The number of nitrogens with zero attached hydrogens (tertiary/aromatic N) is 1. The van der Waals surface area contributed by atoms with Crippen molar-refractivity contribution in [3.05, 3.63) is 35.9 Å². The third-order valence-electron chi connectivity index (χ3n) is 4.22. The molecule has 0 spiro atoms. The van der Waals surface area contributed by atoms with Crippen LogP contribution in [0.3, 0.4) is 0 Å². The fraction of sp³-hybridized carbons (Fsp3) is 0.600. The Hall–Kier alpha value is -0.900. The Morgan fingerprint density at radius 1 is 1.22 bits per heavy atom. The van der Waals surface area contributed by atoms with E-state index in [1.807, 2.05) is 6.07 Å². The van der Waals surface area contributed by atoms with Gasteiger partial charge in [0.15, 0.2) is 0 Å². The van der Waals surface area contributed by atoms with Crippen molar-refractivity contribution in [3.63, 3.8) is 0 Å². The van der Waals surface area contributed by atoms with Crippen LogP contribution in [-0.4, -0.2) is 48.0 Å². The highest BCUT2D eigenvalue weighted by atomic mass is 16.5. The van der Waals surface area contributed by atoms with Crippen LogP contribution in [0.15, 0.2) is 30.3 Å². The second-order valence-electron chi connectivity index (χ2n) is 5.37. The fourth-order valence-corrected chi connectivity index (χ4v) is 3.21. The largest absolute Gasteiger partial charge is 0.391 e. The summed E-state index contributed by atoms with van der Waals surface area (Å²) in [6, 6.07) is 11.2. The van der Waals surface area contributed by atoms with Crippen molar-refractivity contribution in [2.45, 2.75) is 37.5 Å². The molecule has 2 aliphatic heterocycles. The van der Waals surface area contributed by atoms with Gasteiger partial charge in [0.1, 0.15) is 0 Å². The number of ether oxygens (including phenoxy) is 1. The summed E-state index contributed by atoms with van der Waals surface area (Å²) in [5, 5.41) is 10.2. The highest BCUT2D eigenvalue weighted by Gasteiger charge is 2.38. The van der Waals surface area contributed by atoms with Crippen molar-refractivity contribution in [2.75, 3.05) is 19.8 Å². The smallest absolute Gasteiger partial charge is 0.0710 e. The van der Waals surface area contributed by atoms with Gasteiger partial charge in [0.05, 0.1) is 12.7 Å². The van der Waals surface area contributed by atoms with E-state index >= 15 is 0 Å². The van der Waals surface area contributed by atoms with Crippen LogP contribution in [0.5, 0.6) is 0 Å². The summed E-state index contributed by atoms with van der Waals surface area (Å²) in [6.07, 6.45) is 2.76. The zero-order valence-electron chi connectivity index (χ0n) is 10.7. The summed E-state index contributed by atoms with van der Waals surface area (Å²) >= 11 is 0. The lowest BCUT2D eigenvalue weighted by Gasteiger charge is -2.30. The van der Waals surface area contributed by atoms with Crippen LogP contribution >= 0.6 is 0 Å². The number of hydrogen-bond acceptors (Lipinski definition) is 3. The van der Waals surface area contributed by atoms with Crippen LogP contribution in [0.25, 0.3) is 0 Å². The molecule has 3 atom stereocenters. The van der Waals surface area contributed by atoms with E-state index in [0.717, 1.165) is 39.0 Å². The first-order valence-electron chi connectivity index (χ1n) is 6.90. The summed E-state index contributed by atoms with van der Waals surface area (Å²) in [7, 11) is 0. The maximum Gasteiger partial charge on any atom is 0.0710 e. The maximum atomic E-state index is 10.2. The number of aliphatic hydroxyl groups excluding tert-OH is 1. The summed E-state index contributed by atoms with van der Waals surface area (Å²) in [4.78, 5) is 2.46. The molecule has 1 aromatic carbocycles. The van der Waals surface area contributed by atoms with Crippen LogP contribution < -0.4 is 0 Å². The molecule has 2 fully saturated rings. The van der Waals surface area contributed by atoms with Gasteiger partial charge in [0.25, 0.3) is 0 Å². The topological polar surface area (TPSA) is 32.7 Å². The van der Waals surface area contributed by atoms with Gasteiger partial charge in [-0.15, -0.1) is 0 Å². The van der Waals surface area contributed by atoms with Crippen LogP contribution in [0.1, 0.15) is 18.4 Å². The predicted molar refractivity (Wildman–Crippen MR) is 70.5 cm³/mol. The molecular formula is C15H21NO2. The lowest BCUT2D eigenvalue weighted by molar-refractivity contribution is 0.0833. The molecular weight excluding hydrogens is 226 g/mol. The molecule has 0 amide bonds. The van der Waals surface area contributed by atoms with E-state index in [4.69, 9.17) is 4.74 Å². The molecule has 1 N–H and O–H groups in total. The van der Waals surface area contributed by atoms with Crippen molar-refractivity contribution < 1.29 is 9.84 Å². The second kappa shape index (κ2) is 5.39. The number of aliphatic hydroxyl groups is 1. The summed E-state index contributed by atoms with van der Waals surface area (Å²) in [5.41, 5.74) is 1.31. The molecule has 0 radical (unpaired) electrons. The molecule has 2 heterocycles. The van der Waals surface area contributed by atoms with Gasteiger partial charge in [0.2, 0.25) is 0 Å². The lowest BCUT2D eigenvalue weighted by Crippen LogP contribution is -2.44. The second-order valence-corrected chi connectivity index (χ2v) is 5.37. The van der Waals surface area contributed by atoms with E-state index < -0.39 is 0 Å². The van der Waals surface area contributed by atoms with Crippen molar-refractivity contribution in [1.82, 2.24) is 4.90 Å². The van der Waals surface area contributed by atoms with E-state index in [1.54, 1.807) is 0 Å². The highest BCUT2D eigenvalue weighted by molar-refractivity contribution is 5.17. The third kappa shape index (κ3) is 2.44. The minimum Gasteiger partial charge on any atom is -0.391 e. The van der Waals surface area contributed by atoms with Gasteiger partial charge in [-0.2, -0.15) is 0 Å². The molecule has 18 heavy (non-hydrogen) atoms.